The molecule has 2 amide bonds. The molecule has 1 aromatic heterocycles. The average Bonchev–Trinajstić information content (AvgIpc) is 3.12. The second kappa shape index (κ2) is 7.36. The number of sulfone groups is 1. The highest BCUT2D eigenvalue weighted by Gasteiger charge is 2.34. The van der Waals surface area contributed by atoms with Crippen molar-refractivity contribution >= 4 is 27.3 Å². The number of carbonyl (C=O) groups is 2. The van der Waals surface area contributed by atoms with E-state index in [1.54, 1.807) is 41.0 Å². The van der Waals surface area contributed by atoms with E-state index >= 15 is 0 Å². The first-order valence-electron chi connectivity index (χ1n) is 8.75. The van der Waals surface area contributed by atoms with E-state index in [4.69, 9.17) is 0 Å². The second-order valence-corrected chi connectivity index (χ2v) is 9.33. The Morgan fingerprint density at radius 3 is 2.81 bits per heavy atom. The number of hydrogen-bond donors (Lipinski definition) is 1. The predicted octanol–water partition coefficient (Wildman–Crippen LogP) is -0.849. The maximum atomic E-state index is 12.8. The summed E-state index contributed by atoms with van der Waals surface area (Å²) in [5.41, 5.74) is 0.760. The zero-order chi connectivity index (χ0) is 18.9. The lowest BCUT2D eigenvalue weighted by Gasteiger charge is -2.36. The molecule has 2 aliphatic rings. The Kier molecular flexibility index (Phi) is 5.33. The van der Waals surface area contributed by atoms with Crippen LogP contribution in [0, 0.1) is 0 Å². The summed E-state index contributed by atoms with van der Waals surface area (Å²) in [6, 6.07) is -0.697. The van der Waals surface area contributed by atoms with Crippen LogP contribution in [0.2, 0.25) is 0 Å². The van der Waals surface area contributed by atoms with Crippen LogP contribution in [0.4, 0.5) is 5.69 Å². The van der Waals surface area contributed by atoms with Gasteiger partial charge < -0.3 is 10.2 Å². The fourth-order valence-corrected chi connectivity index (χ4v) is 5.26. The number of hydrogen-bond acceptors (Lipinski definition) is 6. The molecule has 1 N–H and O–H groups in total. The summed E-state index contributed by atoms with van der Waals surface area (Å²) in [5, 5.41) is 6.88. The van der Waals surface area contributed by atoms with E-state index < -0.39 is 9.84 Å². The fraction of sp³-hybridized carbons (Fsp3) is 0.688. The minimum atomic E-state index is -3.03. The normalized spacial score (nSPS) is 25.7. The highest BCUT2D eigenvalue weighted by Crippen LogP contribution is 2.22. The molecule has 0 saturated carbocycles. The molecule has 3 rings (SSSR count). The molecule has 0 bridgehead atoms. The molecule has 144 valence electrons. The maximum Gasteiger partial charge on any atom is 0.244 e. The van der Waals surface area contributed by atoms with Gasteiger partial charge in [0.25, 0.3) is 0 Å². The standard InChI is InChI=1S/C16H25N5O4S/c1-19(10-15(22)18-12-5-7-26(24,25)11-12)14-4-3-6-21(16(14)23)13-8-17-20(2)9-13/h8-9,12,14H,3-7,10-11H2,1-2H3,(H,18,22). The molecule has 9 nitrogen and oxygen atoms in total. The number of aryl methyl sites for hydroxylation is 1. The fourth-order valence-electron chi connectivity index (χ4n) is 3.59. The SMILES string of the molecule is CN(CC(=O)NC1CCS(=O)(=O)C1)C1CCCN(c2cnn(C)c2)C1=O. The molecule has 0 spiro atoms. The van der Waals surface area contributed by atoms with E-state index in [2.05, 4.69) is 10.4 Å². The van der Waals surface area contributed by atoms with E-state index in [1.165, 1.54) is 0 Å². The first-order valence-corrected chi connectivity index (χ1v) is 10.6. The Labute approximate surface area is 153 Å². The van der Waals surface area contributed by atoms with Gasteiger partial charge in [0.05, 0.1) is 36.0 Å². The van der Waals surface area contributed by atoms with Crippen molar-refractivity contribution in [3.05, 3.63) is 12.4 Å². The Hall–Kier alpha value is -1.94. The molecule has 0 radical (unpaired) electrons. The van der Waals surface area contributed by atoms with Crippen molar-refractivity contribution in [1.29, 1.82) is 0 Å². The predicted molar refractivity (Wildman–Crippen MR) is 96.4 cm³/mol. The van der Waals surface area contributed by atoms with Gasteiger partial charge >= 0.3 is 0 Å². The van der Waals surface area contributed by atoms with Crippen LogP contribution in [0.3, 0.4) is 0 Å². The summed E-state index contributed by atoms with van der Waals surface area (Å²) in [6.07, 6.45) is 5.45. The number of piperidine rings is 1. The molecule has 2 unspecified atom stereocenters. The molecule has 10 heteroatoms. The summed E-state index contributed by atoms with van der Waals surface area (Å²) in [4.78, 5) is 28.5. The Bertz CT molecular complexity index is 790. The molecule has 3 heterocycles. The molecule has 2 atom stereocenters. The zero-order valence-corrected chi connectivity index (χ0v) is 15.9. The van der Waals surface area contributed by atoms with E-state index in [1.807, 2.05) is 0 Å². The number of amides is 2. The lowest BCUT2D eigenvalue weighted by Crippen LogP contribution is -2.53. The minimum Gasteiger partial charge on any atom is -0.351 e. The van der Waals surface area contributed by atoms with Gasteiger partial charge in [-0.05, 0) is 26.3 Å². The molecule has 2 fully saturated rings. The zero-order valence-electron chi connectivity index (χ0n) is 15.1. The van der Waals surface area contributed by atoms with Crippen molar-refractivity contribution < 1.29 is 18.0 Å². The third-order valence-corrected chi connectivity index (χ3v) is 6.70. The van der Waals surface area contributed by atoms with Gasteiger partial charge in [0.2, 0.25) is 11.8 Å². The Balaban J connectivity index is 1.57. The maximum absolute atomic E-state index is 12.8. The lowest BCUT2D eigenvalue weighted by atomic mass is 10.0. The highest BCUT2D eigenvalue weighted by molar-refractivity contribution is 7.91. The van der Waals surface area contributed by atoms with Crippen molar-refractivity contribution in [3.63, 3.8) is 0 Å². The summed E-state index contributed by atoms with van der Waals surface area (Å²) in [7, 11) is 0.519. The minimum absolute atomic E-state index is 0.000398. The van der Waals surface area contributed by atoms with Crippen molar-refractivity contribution in [2.45, 2.75) is 31.3 Å². The summed E-state index contributed by atoms with van der Waals surface area (Å²) in [6.45, 7) is 0.703. The van der Waals surface area contributed by atoms with Gasteiger partial charge in [-0.1, -0.05) is 0 Å². The monoisotopic (exact) mass is 383 g/mol. The van der Waals surface area contributed by atoms with Crippen molar-refractivity contribution in [2.24, 2.45) is 7.05 Å². The number of anilines is 1. The first-order chi connectivity index (χ1) is 12.2. The average molecular weight is 383 g/mol. The van der Waals surface area contributed by atoms with Crippen LogP contribution in [0.25, 0.3) is 0 Å². The van der Waals surface area contributed by atoms with Crippen LogP contribution >= 0.6 is 0 Å². The molecule has 0 aliphatic carbocycles. The van der Waals surface area contributed by atoms with Gasteiger partial charge in [-0.2, -0.15) is 5.10 Å². The van der Waals surface area contributed by atoms with Gasteiger partial charge in [0.1, 0.15) is 0 Å². The quantitative estimate of drug-likeness (QED) is 0.710. The van der Waals surface area contributed by atoms with E-state index in [0.29, 0.717) is 19.4 Å². The molecular weight excluding hydrogens is 358 g/mol. The third-order valence-electron chi connectivity index (χ3n) is 4.94. The Morgan fingerprint density at radius 1 is 1.42 bits per heavy atom. The Morgan fingerprint density at radius 2 is 2.19 bits per heavy atom. The number of nitrogens with one attached hydrogen (secondary N) is 1. The topological polar surface area (TPSA) is 105 Å². The van der Waals surface area contributed by atoms with Crippen LogP contribution in [0.15, 0.2) is 12.4 Å². The van der Waals surface area contributed by atoms with E-state index in [0.717, 1.165) is 12.1 Å². The number of aromatic nitrogens is 2. The van der Waals surface area contributed by atoms with Gasteiger partial charge in [-0.3, -0.25) is 19.2 Å². The van der Waals surface area contributed by atoms with Crippen LogP contribution in [-0.2, 0) is 26.5 Å². The van der Waals surface area contributed by atoms with Crippen molar-refractivity contribution in [3.8, 4) is 0 Å². The summed E-state index contributed by atoms with van der Waals surface area (Å²) < 4.78 is 24.6. The molecule has 0 aromatic carbocycles. The van der Waals surface area contributed by atoms with Gasteiger partial charge in [0, 0.05) is 25.8 Å². The van der Waals surface area contributed by atoms with Crippen LogP contribution in [-0.4, -0.2) is 78.6 Å². The number of carbonyl (C=O) groups excluding carboxylic acids is 2. The summed E-state index contributed by atoms with van der Waals surface area (Å²) >= 11 is 0. The number of rotatable bonds is 5. The second-order valence-electron chi connectivity index (χ2n) is 7.10. The van der Waals surface area contributed by atoms with Crippen LogP contribution in [0.5, 0.6) is 0 Å². The molecule has 2 saturated heterocycles. The van der Waals surface area contributed by atoms with Crippen molar-refractivity contribution in [2.75, 3.05) is 36.5 Å². The molecular formula is C16H25N5O4S. The largest absolute Gasteiger partial charge is 0.351 e. The first kappa shape index (κ1) is 18.8. The third kappa shape index (κ3) is 4.24. The van der Waals surface area contributed by atoms with E-state index in [9.17, 15) is 18.0 Å². The smallest absolute Gasteiger partial charge is 0.244 e. The molecule has 1 aromatic rings. The van der Waals surface area contributed by atoms with Gasteiger partial charge in [0.15, 0.2) is 9.84 Å². The lowest BCUT2D eigenvalue weighted by molar-refractivity contribution is -0.127. The van der Waals surface area contributed by atoms with Crippen LogP contribution in [0.1, 0.15) is 19.3 Å². The molecule has 2 aliphatic heterocycles. The highest BCUT2D eigenvalue weighted by atomic mass is 32.2. The van der Waals surface area contributed by atoms with Crippen molar-refractivity contribution in [1.82, 2.24) is 20.0 Å². The number of likely N-dealkylation sites (N-methyl/N-ethyl adjacent to an activating group) is 1. The van der Waals surface area contributed by atoms with Gasteiger partial charge in [-0.15, -0.1) is 0 Å². The summed E-state index contributed by atoms with van der Waals surface area (Å²) in [5.74, 6) is -0.168. The van der Waals surface area contributed by atoms with Crippen LogP contribution < -0.4 is 10.2 Å². The van der Waals surface area contributed by atoms with Gasteiger partial charge in [-0.25, -0.2) is 8.42 Å². The van der Waals surface area contributed by atoms with E-state index in [-0.39, 0.29) is 41.9 Å². The molecule has 26 heavy (non-hydrogen) atoms. The number of nitrogens with zero attached hydrogens (tertiary/aromatic N) is 4.